The van der Waals surface area contributed by atoms with Crippen LogP contribution in [0, 0.1) is 5.92 Å². The summed E-state index contributed by atoms with van der Waals surface area (Å²) in [6, 6.07) is 7.48. The average molecular weight is 413 g/mol. The quantitative estimate of drug-likeness (QED) is 0.431. The Bertz CT molecular complexity index is 801. The fourth-order valence-corrected chi connectivity index (χ4v) is 2.66. The van der Waals surface area contributed by atoms with E-state index in [-0.39, 0.29) is 41.5 Å². The number of rotatable bonds is 10. The molecule has 2 rings (SSSR count). The molecular weight excluding hydrogens is 390 g/mol. The first-order chi connectivity index (χ1) is 13.2. The predicted molar refractivity (Wildman–Crippen MR) is 103 cm³/mol. The van der Waals surface area contributed by atoms with Gasteiger partial charge in [-0.15, -0.1) is 0 Å². The van der Waals surface area contributed by atoms with E-state index in [1.807, 2.05) is 6.92 Å². The van der Waals surface area contributed by atoms with Crippen molar-refractivity contribution in [1.82, 2.24) is 9.97 Å². The van der Waals surface area contributed by atoms with Gasteiger partial charge in [-0.3, -0.25) is 4.79 Å². The number of alkyl halides is 2. The molecule has 28 heavy (non-hydrogen) atoms. The van der Waals surface area contributed by atoms with Crippen molar-refractivity contribution >= 4 is 17.4 Å². The molecule has 8 heteroatoms. The lowest BCUT2D eigenvalue weighted by Gasteiger charge is -2.16. The number of halogens is 3. The van der Waals surface area contributed by atoms with Gasteiger partial charge >= 0.3 is 6.11 Å². The third-order valence-corrected chi connectivity index (χ3v) is 4.39. The van der Waals surface area contributed by atoms with Gasteiger partial charge < -0.3 is 9.84 Å². The van der Waals surface area contributed by atoms with Gasteiger partial charge in [-0.2, -0.15) is 8.78 Å². The topological polar surface area (TPSA) is 72.3 Å². The Morgan fingerprint density at radius 2 is 1.96 bits per heavy atom. The number of nitrogens with zero attached hydrogens (tertiary/aromatic N) is 2. The highest BCUT2D eigenvalue weighted by Gasteiger charge is 2.28. The van der Waals surface area contributed by atoms with Crippen molar-refractivity contribution in [3.05, 3.63) is 41.3 Å². The zero-order chi connectivity index (χ0) is 20.7. The highest BCUT2D eigenvalue weighted by atomic mass is 35.5. The van der Waals surface area contributed by atoms with Crippen molar-refractivity contribution in [2.75, 3.05) is 6.61 Å². The molecule has 0 bridgehead atoms. The van der Waals surface area contributed by atoms with Crippen LogP contribution >= 0.6 is 11.6 Å². The molecule has 0 unspecified atom stereocenters. The van der Waals surface area contributed by atoms with Crippen LogP contribution in [0.3, 0.4) is 0 Å². The Morgan fingerprint density at radius 1 is 1.29 bits per heavy atom. The molecular formula is C20H23ClF2N2O3. The third kappa shape index (κ3) is 6.49. The number of carbonyl (C=O) groups is 1. The molecule has 1 N–H and O–H groups in total. The minimum Gasteiger partial charge on any atom is -0.433 e. The maximum atomic E-state index is 13.3. The van der Waals surface area contributed by atoms with Crippen LogP contribution in [0.2, 0.25) is 5.28 Å². The molecule has 1 aromatic heterocycles. The van der Waals surface area contributed by atoms with Crippen LogP contribution in [0.4, 0.5) is 8.78 Å². The highest BCUT2D eigenvalue weighted by Crippen LogP contribution is 2.27. The zero-order valence-electron chi connectivity index (χ0n) is 15.8. The van der Waals surface area contributed by atoms with Crippen molar-refractivity contribution in [3.63, 3.8) is 0 Å². The molecule has 0 saturated heterocycles. The van der Waals surface area contributed by atoms with E-state index in [0.717, 1.165) is 6.42 Å². The van der Waals surface area contributed by atoms with Crippen LogP contribution in [0.1, 0.15) is 50.0 Å². The first kappa shape index (κ1) is 22.2. The number of Topliss-reactive ketones (excluding diaryl/α,β-unsaturated/α-hetero) is 1. The normalized spacial score (nSPS) is 12.6. The van der Waals surface area contributed by atoms with E-state index in [0.29, 0.717) is 17.7 Å². The smallest absolute Gasteiger partial charge is 0.397 e. The summed E-state index contributed by atoms with van der Waals surface area (Å²) in [5, 5.41) is 8.97. The van der Waals surface area contributed by atoms with Crippen LogP contribution in [0.15, 0.2) is 30.3 Å². The first-order valence-corrected chi connectivity index (χ1v) is 9.47. The average Bonchev–Trinajstić information content (AvgIpc) is 2.67. The fourth-order valence-electron chi connectivity index (χ4n) is 2.48. The van der Waals surface area contributed by atoms with Gasteiger partial charge in [0.1, 0.15) is 11.4 Å². The van der Waals surface area contributed by atoms with E-state index >= 15 is 0 Å². The van der Waals surface area contributed by atoms with Crippen molar-refractivity contribution in [2.24, 2.45) is 5.92 Å². The molecule has 0 amide bonds. The van der Waals surface area contributed by atoms with E-state index < -0.39 is 12.5 Å². The molecule has 0 saturated carbocycles. The lowest BCUT2D eigenvalue weighted by Crippen LogP contribution is -2.22. The molecule has 0 radical (unpaired) electrons. The second-order valence-electron chi connectivity index (χ2n) is 6.63. The Labute approximate surface area is 167 Å². The van der Waals surface area contributed by atoms with Crippen molar-refractivity contribution < 1.29 is 23.4 Å². The van der Waals surface area contributed by atoms with Crippen LogP contribution in [-0.2, 0) is 0 Å². The summed E-state index contributed by atoms with van der Waals surface area (Å²) in [5.41, 5.74) is 1.21. The van der Waals surface area contributed by atoms with Gasteiger partial charge in [-0.1, -0.05) is 13.8 Å². The maximum absolute atomic E-state index is 13.3. The Morgan fingerprint density at radius 3 is 2.57 bits per heavy atom. The molecule has 0 spiro atoms. The van der Waals surface area contributed by atoms with Gasteiger partial charge in [0.05, 0.1) is 5.69 Å². The predicted octanol–water partition coefficient (Wildman–Crippen LogP) is 5.16. The number of aliphatic hydroxyl groups excluding tert-OH is 1. The number of aromatic nitrogens is 2. The SMILES string of the molecule is CCC(F)(F)Oc1ccc(-c2cc(C(=O)CCC[C@H](C)CO)nc(Cl)n2)cc1. The van der Waals surface area contributed by atoms with Crippen molar-refractivity contribution in [1.29, 1.82) is 0 Å². The first-order valence-electron chi connectivity index (χ1n) is 9.10. The second-order valence-corrected chi connectivity index (χ2v) is 6.97. The largest absolute Gasteiger partial charge is 0.433 e. The van der Waals surface area contributed by atoms with Gasteiger partial charge in [0.15, 0.2) is 5.78 Å². The minimum atomic E-state index is -3.23. The van der Waals surface area contributed by atoms with E-state index in [9.17, 15) is 13.6 Å². The number of ether oxygens (including phenoxy) is 1. The van der Waals surface area contributed by atoms with Gasteiger partial charge in [-0.25, -0.2) is 9.97 Å². The van der Waals surface area contributed by atoms with Gasteiger partial charge in [-0.05, 0) is 60.7 Å². The summed E-state index contributed by atoms with van der Waals surface area (Å²) in [6.07, 6.45) is -2.01. The molecule has 1 atom stereocenters. The van der Waals surface area contributed by atoms with Crippen LogP contribution in [-0.4, -0.2) is 33.6 Å². The summed E-state index contributed by atoms with van der Waals surface area (Å²) < 4.78 is 31.3. The molecule has 5 nitrogen and oxygen atoms in total. The Hall–Kier alpha value is -2.12. The maximum Gasteiger partial charge on any atom is 0.397 e. The van der Waals surface area contributed by atoms with E-state index in [1.165, 1.54) is 25.1 Å². The summed E-state index contributed by atoms with van der Waals surface area (Å²) in [7, 11) is 0. The lowest BCUT2D eigenvalue weighted by atomic mass is 10.0. The van der Waals surface area contributed by atoms with Crippen LogP contribution < -0.4 is 4.74 Å². The molecule has 0 fully saturated rings. The summed E-state index contributed by atoms with van der Waals surface area (Å²) in [5.74, 6) is 0.00135. The van der Waals surface area contributed by atoms with Gasteiger partial charge in [0.25, 0.3) is 0 Å². The fraction of sp³-hybridized carbons (Fsp3) is 0.450. The van der Waals surface area contributed by atoms with Crippen molar-refractivity contribution in [2.45, 2.75) is 45.6 Å². The molecule has 0 aliphatic rings. The number of benzene rings is 1. The van der Waals surface area contributed by atoms with Gasteiger partial charge in [0, 0.05) is 25.0 Å². The second kappa shape index (κ2) is 9.89. The molecule has 1 heterocycles. The molecule has 1 aromatic carbocycles. The summed E-state index contributed by atoms with van der Waals surface area (Å²) >= 11 is 5.96. The van der Waals surface area contributed by atoms with E-state index in [4.69, 9.17) is 16.7 Å². The van der Waals surface area contributed by atoms with Gasteiger partial charge in [0.2, 0.25) is 5.28 Å². The van der Waals surface area contributed by atoms with Crippen LogP contribution in [0.25, 0.3) is 11.3 Å². The number of ketones is 1. The minimum absolute atomic E-state index is 0.0325. The van der Waals surface area contributed by atoms with Crippen LogP contribution in [0.5, 0.6) is 5.75 Å². The zero-order valence-corrected chi connectivity index (χ0v) is 16.5. The highest BCUT2D eigenvalue weighted by molar-refractivity contribution is 6.28. The van der Waals surface area contributed by atoms with E-state index in [2.05, 4.69) is 14.7 Å². The summed E-state index contributed by atoms with van der Waals surface area (Å²) in [6.45, 7) is 3.33. The molecule has 152 valence electrons. The van der Waals surface area contributed by atoms with Crippen molar-refractivity contribution in [3.8, 4) is 17.0 Å². The molecule has 0 aliphatic carbocycles. The standard InChI is InChI=1S/C20H23ClF2N2O3/c1-3-20(22,23)28-15-9-7-14(8-10-15)16-11-17(25-19(21)24-16)18(27)6-4-5-13(2)12-26/h7-11,13,26H,3-6,12H2,1-2H3/t13-/m0/s1. The lowest BCUT2D eigenvalue weighted by molar-refractivity contribution is -0.177. The number of hydrogen-bond acceptors (Lipinski definition) is 5. The Kier molecular flexibility index (Phi) is 7.83. The molecule has 2 aromatic rings. The number of carbonyl (C=O) groups excluding carboxylic acids is 1. The monoisotopic (exact) mass is 412 g/mol. The number of aliphatic hydroxyl groups is 1. The molecule has 0 aliphatic heterocycles. The van der Waals surface area contributed by atoms with E-state index in [1.54, 1.807) is 12.1 Å². The number of hydrogen-bond donors (Lipinski definition) is 1. The third-order valence-electron chi connectivity index (χ3n) is 4.23. The Balaban J connectivity index is 2.13. The summed E-state index contributed by atoms with van der Waals surface area (Å²) in [4.78, 5) is 20.5.